The van der Waals surface area contributed by atoms with Gasteiger partial charge in [0.1, 0.15) is 0 Å². The molecule has 2 aromatic heterocycles. The molecular weight excluding hydrogens is 548 g/mol. The molecule has 0 spiro atoms. The zero-order chi connectivity index (χ0) is 30.3. The Hall–Kier alpha value is -6.00. The van der Waals surface area contributed by atoms with Gasteiger partial charge in [-0.1, -0.05) is 97.6 Å². The van der Waals surface area contributed by atoms with E-state index in [1.54, 1.807) is 6.08 Å². The topological polar surface area (TPSA) is 53.7 Å². The lowest BCUT2D eigenvalue weighted by Gasteiger charge is -2.27. The normalized spacial score (nSPS) is 15.0. The molecule has 4 nitrogen and oxygen atoms in total. The second kappa shape index (κ2) is 10.9. The third-order valence-electron chi connectivity index (χ3n) is 8.66. The van der Waals surface area contributed by atoms with Crippen molar-refractivity contribution in [3.05, 3.63) is 170 Å². The first-order valence-electron chi connectivity index (χ1n) is 15.1. The lowest BCUT2D eigenvalue weighted by molar-refractivity contribution is 0.888. The molecule has 214 valence electrons. The zero-order valence-electron chi connectivity index (χ0n) is 24.6. The number of rotatable bonds is 6. The highest BCUT2D eigenvalue weighted by molar-refractivity contribution is 6.12. The largest absolute Gasteiger partial charge is 0.373 e. The van der Waals surface area contributed by atoms with Gasteiger partial charge in [-0.15, -0.1) is 0 Å². The number of aromatic nitrogens is 2. The Labute approximate surface area is 261 Å². The first-order valence-corrected chi connectivity index (χ1v) is 15.1. The maximum absolute atomic E-state index is 8.97. The number of fused-ring (bicyclic) bond motifs is 5. The van der Waals surface area contributed by atoms with E-state index < -0.39 is 0 Å². The number of para-hydroxylation sites is 1. The van der Waals surface area contributed by atoms with Crippen molar-refractivity contribution in [1.82, 2.24) is 14.9 Å². The van der Waals surface area contributed by atoms with E-state index >= 15 is 0 Å². The molecule has 0 fully saturated rings. The van der Waals surface area contributed by atoms with Gasteiger partial charge in [0, 0.05) is 40.1 Å². The molecule has 3 heterocycles. The van der Waals surface area contributed by atoms with Crippen LogP contribution in [0.15, 0.2) is 159 Å². The molecule has 1 aliphatic heterocycles. The Balaban J connectivity index is 1.34. The zero-order valence-corrected chi connectivity index (χ0v) is 24.6. The van der Waals surface area contributed by atoms with Gasteiger partial charge in [0.15, 0.2) is 0 Å². The van der Waals surface area contributed by atoms with Gasteiger partial charge in [0.05, 0.1) is 22.8 Å². The average Bonchev–Trinajstić information content (AvgIpc) is 3.44. The Morgan fingerprint density at radius 3 is 2.27 bits per heavy atom. The monoisotopic (exact) mass is 578 g/mol. The number of dihydropyridines is 1. The summed E-state index contributed by atoms with van der Waals surface area (Å²) in [5.74, 6) is 0. The van der Waals surface area contributed by atoms with E-state index in [4.69, 9.17) is 5.41 Å². The molecule has 4 heteroatoms. The summed E-state index contributed by atoms with van der Waals surface area (Å²) in [6, 6.07) is 38.3. The van der Waals surface area contributed by atoms with E-state index in [1.807, 2.05) is 24.5 Å². The second-order valence-corrected chi connectivity index (χ2v) is 11.3. The molecule has 2 N–H and O–H groups in total. The molecule has 0 amide bonds. The molecule has 0 saturated carbocycles. The standard InChI is InChI=1S/C41H30N4/c1-2-3-18-36(42)37-24-30(25-38(44-37)41-32-15-6-4-11-28(32)22-29-12-5-7-16-33(29)41)27-13-10-14-31(23-27)45-39-19-9-8-17-34(39)35-26-43-21-20-40(35)45/h2-26,37,42,44H,1H2/b18-3-,42-36?. The van der Waals surface area contributed by atoms with E-state index in [1.165, 1.54) is 26.9 Å². The number of benzene rings is 5. The molecule has 45 heavy (non-hydrogen) atoms. The van der Waals surface area contributed by atoms with E-state index in [0.717, 1.165) is 44.5 Å². The van der Waals surface area contributed by atoms with Gasteiger partial charge < -0.3 is 15.3 Å². The highest BCUT2D eigenvalue weighted by atomic mass is 15.0. The van der Waals surface area contributed by atoms with Crippen LogP contribution in [0.5, 0.6) is 0 Å². The Morgan fingerprint density at radius 1 is 0.778 bits per heavy atom. The van der Waals surface area contributed by atoms with E-state index in [9.17, 15) is 0 Å². The van der Waals surface area contributed by atoms with Crippen LogP contribution in [0.1, 0.15) is 11.1 Å². The molecule has 7 aromatic rings. The van der Waals surface area contributed by atoms with Crippen molar-refractivity contribution in [3.63, 3.8) is 0 Å². The van der Waals surface area contributed by atoms with Crippen molar-refractivity contribution in [2.45, 2.75) is 6.04 Å². The summed E-state index contributed by atoms with van der Waals surface area (Å²) < 4.78 is 2.31. The molecular formula is C41H30N4. The van der Waals surface area contributed by atoms with Crippen molar-refractivity contribution < 1.29 is 0 Å². The predicted octanol–water partition coefficient (Wildman–Crippen LogP) is 9.64. The van der Waals surface area contributed by atoms with Crippen molar-refractivity contribution in [3.8, 4) is 5.69 Å². The summed E-state index contributed by atoms with van der Waals surface area (Å²) in [4.78, 5) is 4.42. The summed E-state index contributed by atoms with van der Waals surface area (Å²) in [5.41, 5.74) is 8.09. The maximum atomic E-state index is 8.97. The highest BCUT2D eigenvalue weighted by Gasteiger charge is 2.22. The third-order valence-corrected chi connectivity index (χ3v) is 8.66. The Bertz CT molecular complexity index is 2300. The fourth-order valence-electron chi connectivity index (χ4n) is 6.62. The van der Waals surface area contributed by atoms with Crippen molar-refractivity contribution in [1.29, 1.82) is 5.41 Å². The van der Waals surface area contributed by atoms with Crippen molar-refractivity contribution >= 4 is 60.3 Å². The van der Waals surface area contributed by atoms with Crippen molar-refractivity contribution in [2.24, 2.45) is 0 Å². The Morgan fingerprint density at radius 2 is 1.49 bits per heavy atom. The van der Waals surface area contributed by atoms with Gasteiger partial charge in [-0.25, -0.2) is 0 Å². The summed E-state index contributed by atoms with van der Waals surface area (Å²) in [7, 11) is 0. The smallest absolute Gasteiger partial charge is 0.0871 e. The molecule has 1 aliphatic rings. The van der Waals surface area contributed by atoms with E-state index in [-0.39, 0.29) is 6.04 Å². The molecule has 0 bridgehead atoms. The third kappa shape index (κ3) is 4.55. The van der Waals surface area contributed by atoms with Gasteiger partial charge in [0.2, 0.25) is 0 Å². The lowest BCUT2D eigenvalue weighted by atomic mass is 9.90. The van der Waals surface area contributed by atoms with Crippen LogP contribution in [0, 0.1) is 5.41 Å². The minimum atomic E-state index is -0.322. The fraction of sp³-hybridized carbons (Fsp3) is 0.0244. The van der Waals surface area contributed by atoms with Crippen LogP contribution in [0.2, 0.25) is 0 Å². The first kappa shape index (κ1) is 26.6. The minimum absolute atomic E-state index is 0.322. The highest BCUT2D eigenvalue weighted by Crippen LogP contribution is 2.37. The van der Waals surface area contributed by atoms with Gasteiger partial charge >= 0.3 is 0 Å². The Kier molecular flexibility index (Phi) is 6.46. The summed E-state index contributed by atoms with van der Waals surface area (Å²) >= 11 is 0. The average molecular weight is 579 g/mol. The molecule has 0 saturated heterocycles. The lowest BCUT2D eigenvalue weighted by Crippen LogP contribution is -2.35. The second-order valence-electron chi connectivity index (χ2n) is 11.3. The van der Waals surface area contributed by atoms with Crippen LogP contribution in [0.3, 0.4) is 0 Å². The fourth-order valence-corrected chi connectivity index (χ4v) is 6.62. The van der Waals surface area contributed by atoms with Crippen LogP contribution in [-0.2, 0) is 0 Å². The van der Waals surface area contributed by atoms with Gasteiger partial charge in [0.25, 0.3) is 0 Å². The van der Waals surface area contributed by atoms with Gasteiger partial charge in [-0.3, -0.25) is 4.98 Å². The summed E-state index contributed by atoms with van der Waals surface area (Å²) in [6.45, 7) is 3.81. The molecule has 0 aliphatic carbocycles. The van der Waals surface area contributed by atoms with Crippen LogP contribution in [0.4, 0.5) is 0 Å². The first-order chi connectivity index (χ1) is 22.2. The molecule has 8 rings (SSSR count). The molecule has 1 atom stereocenters. The van der Waals surface area contributed by atoms with Gasteiger partial charge in [-0.05, 0) is 81.2 Å². The number of allylic oxidation sites excluding steroid dienone is 4. The minimum Gasteiger partial charge on any atom is -0.373 e. The number of pyridine rings is 1. The van der Waals surface area contributed by atoms with Crippen LogP contribution < -0.4 is 5.32 Å². The summed E-state index contributed by atoms with van der Waals surface area (Å²) in [5, 5.41) is 19.7. The van der Waals surface area contributed by atoms with Crippen LogP contribution in [-0.4, -0.2) is 21.3 Å². The molecule has 1 unspecified atom stereocenters. The van der Waals surface area contributed by atoms with Gasteiger partial charge in [-0.2, -0.15) is 0 Å². The number of nitrogens with zero attached hydrogens (tertiary/aromatic N) is 2. The SMILES string of the molecule is C=C/C=C\C(=N)C1C=C(c2cccc(-n3c4ccccc4c4cnccc43)c2)C=C(c2c3ccccc3cc3ccccc23)N1. The summed E-state index contributed by atoms with van der Waals surface area (Å²) in [6.07, 6.45) is 13.5. The molecule has 0 radical (unpaired) electrons. The quantitative estimate of drug-likeness (QED) is 0.117. The van der Waals surface area contributed by atoms with E-state index in [0.29, 0.717) is 5.71 Å². The maximum Gasteiger partial charge on any atom is 0.0871 e. The van der Waals surface area contributed by atoms with Crippen LogP contribution >= 0.6 is 0 Å². The predicted molar refractivity (Wildman–Crippen MR) is 190 cm³/mol. The molecule has 5 aromatic carbocycles. The van der Waals surface area contributed by atoms with E-state index in [2.05, 4.69) is 143 Å². The number of hydrogen-bond donors (Lipinski definition) is 2. The van der Waals surface area contributed by atoms with Crippen molar-refractivity contribution in [2.75, 3.05) is 0 Å². The number of nitrogens with one attached hydrogen (secondary N) is 2. The van der Waals surface area contributed by atoms with Crippen LogP contribution in [0.25, 0.3) is 60.3 Å². The number of hydrogen-bond acceptors (Lipinski definition) is 3.